The molecule has 0 aromatic heterocycles. The Morgan fingerprint density at radius 2 is 1.35 bits per heavy atom. The van der Waals surface area contributed by atoms with Crippen molar-refractivity contribution in [2.75, 3.05) is 0 Å². The van der Waals surface area contributed by atoms with E-state index in [1.807, 2.05) is 12.1 Å². The van der Waals surface area contributed by atoms with Crippen molar-refractivity contribution in [3.05, 3.63) is 67.6 Å². The van der Waals surface area contributed by atoms with Crippen LogP contribution in [-0.2, 0) is 0 Å². The van der Waals surface area contributed by atoms with Crippen LogP contribution >= 0.6 is 46.4 Å². The van der Waals surface area contributed by atoms with Crippen LogP contribution in [0.5, 0.6) is 0 Å². The minimum absolute atomic E-state index is 0.339. The van der Waals surface area contributed by atoms with Crippen LogP contribution < -0.4 is 0 Å². The van der Waals surface area contributed by atoms with E-state index < -0.39 is 0 Å². The van der Waals surface area contributed by atoms with Crippen molar-refractivity contribution in [3.63, 3.8) is 0 Å². The highest BCUT2D eigenvalue weighted by atomic mass is 35.5. The van der Waals surface area contributed by atoms with Crippen molar-refractivity contribution in [3.8, 4) is 12.1 Å². The van der Waals surface area contributed by atoms with Crippen molar-refractivity contribution >= 4 is 46.4 Å². The number of halogens is 4. The second kappa shape index (κ2) is 8.00. The van der Waals surface area contributed by atoms with Gasteiger partial charge in [-0.1, -0.05) is 52.5 Å². The lowest BCUT2D eigenvalue weighted by atomic mass is 10.2. The van der Waals surface area contributed by atoms with E-state index in [-0.39, 0.29) is 0 Å². The van der Waals surface area contributed by atoms with Gasteiger partial charge in [0, 0.05) is 5.02 Å². The van der Waals surface area contributed by atoms with Crippen molar-refractivity contribution in [2.24, 2.45) is 0 Å². The second-order valence-electron chi connectivity index (χ2n) is 3.44. The summed E-state index contributed by atoms with van der Waals surface area (Å²) in [6.07, 6.45) is 0. The van der Waals surface area contributed by atoms with Gasteiger partial charge in [0.15, 0.2) is 0 Å². The molecule has 0 bridgehead atoms. The van der Waals surface area contributed by atoms with Gasteiger partial charge in [-0.3, -0.25) is 0 Å². The van der Waals surface area contributed by atoms with Gasteiger partial charge in [0.25, 0.3) is 0 Å². The molecule has 6 heteroatoms. The number of hydrogen-bond donors (Lipinski definition) is 0. The molecule has 0 radical (unpaired) electrons. The van der Waals surface area contributed by atoms with Gasteiger partial charge in [-0.05, 0) is 30.3 Å². The average Bonchev–Trinajstić information content (AvgIpc) is 2.40. The molecule has 0 aliphatic rings. The monoisotopic (exact) mass is 342 g/mol. The lowest BCUT2D eigenvalue weighted by molar-refractivity contribution is 1.48. The maximum atomic E-state index is 8.48. The zero-order valence-corrected chi connectivity index (χ0v) is 12.9. The molecule has 100 valence electrons. The Labute approximate surface area is 136 Å². The Morgan fingerprint density at radius 1 is 0.750 bits per heavy atom. The van der Waals surface area contributed by atoms with Crippen LogP contribution in [0.25, 0.3) is 0 Å². The van der Waals surface area contributed by atoms with Crippen molar-refractivity contribution < 1.29 is 0 Å². The van der Waals surface area contributed by atoms with Gasteiger partial charge in [0.1, 0.15) is 12.1 Å². The van der Waals surface area contributed by atoms with E-state index in [4.69, 9.17) is 56.9 Å². The van der Waals surface area contributed by atoms with Crippen molar-refractivity contribution in [2.45, 2.75) is 0 Å². The summed E-state index contributed by atoms with van der Waals surface area (Å²) in [5, 5.41) is 18.7. The third kappa shape index (κ3) is 4.60. The average molecular weight is 344 g/mol. The quantitative estimate of drug-likeness (QED) is 0.613. The molecule has 2 aromatic rings. The molecule has 20 heavy (non-hydrogen) atoms. The predicted molar refractivity (Wildman–Crippen MR) is 82.4 cm³/mol. The molecule has 0 unspecified atom stereocenters. The standard InChI is InChI=1S/2C7H3Cl2N/c8-6-2-1-5(4-10)7(9)3-6;8-6-2-1-3-7(9)5(6)4-10/h2*1-3H. The zero-order valence-electron chi connectivity index (χ0n) is 9.87. The molecule has 0 atom stereocenters. The van der Waals surface area contributed by atoms with E-state index in [0.29, 0.717) is 31.2 Å². The molecule has 2 nitrogen and oxygen atoms in total. The first kappa shape index (κ1) is 16.6. The highest BCUT2D eigenvalue weighted by molar-refractivity contribution is 6.36. The van der Waals surface area contributed by atoms with Gasteiger partial charge < -0.3 is 0 Å². The minimum Gasteiger partial charge on any atom is -0.192 e. The normalized spacial score (nSPS) is 8.90. The molecule has 2 rings (SSSR count). The van der Waals surface area contributed by atoms with E-state index in [1.165, 1.54) is 0 Å². The van der Waals surface area contributed by atoms with Crippen LogP contribution in [0.2, 0.25) is 20.1 Å². The first-order valence-electron chi connectivity index (χ1n) is 5.19. The second-order valence-corrected chi connectivity index (χ2v) is 5.10. The minimum atomic E-state index is 0.339. The van der Waals surface area contributed by atoms with Gasteiger partial charge in [0.05, 0.1) is 26.2 Å². The predicted octanol–water partition coefficient (Wildman–Crippen LogP) is 5.73. The van der Waals surface area contributed by atoms with Gasteiger partial charge >= 0.3 is 0 Å². The third-order valence-corrected chi connectivity index (χ3v) is 3.30. The highest BCUT2D eigenvalue weighted by Gasteiger charge is 2.01. The first-order chi connectivity index (χ1) is 9.49. The summed E-state index contributed by atoms with van der Waals surface area (Å²) in [5.74, 6) is 0. The fourth-order valence-corrected chi connectivity index (χ4v) is 2.12. The molecule has 0 N–H and O–H groups in total. The van der Waals surface area contributed by atoms with Gasteiger partial charge in [-0.15, -0.1) is 0 Å². The fourth-order valence-electron chi connectivity index (χ4n) is 1.18. The summed E-state index contributed by atoms with van der Waals surface area (Å²) in [7, 11) is 0. The zero-order chi connectivity index (χ0) is 15.1. The smallest absolute Gasteiger partial charge is 0.102 e. The molecule has 0 spiro atoms. The summed E-state index contributed by atoms with van der Waals surface area (Å²) in [5.41, 5.74) is 0.789. The fraction of sp³-hybridized carbons (Fsp3) is 0. The number of nitriles is 2. The van der Waals surface area contributed by atoms with Crippen LogP contribution in [0.15, 0.2) is 36.4 Å². The maximum Gasteiger partial charge on any atom is 0.102 e. The molecular weight excluding hydrogens is 338 g/mol. The SMILES string of the molecule is N#Cc1c(Cl)cccc1Cl.N#Cc1ccc(Cl)cc1Cl. The Kier molecular flexibility index (Phi) is 6.65. The Balaban J connectivity index is 0.000000200. The molecule has 0 fully saturated rings. The molecule has 0 heterocycles. The summed E-state index contributed by atoms with van der Waals surface area (Å²) in [6, 6.07) is 13.6. The number of nitrogens with zero attached hydrogens (tertiary/aromatic N) is 2. The number of benzene rings is 2. The van der Waals surface area contributed by atoms with E-state index in [0.717, 1.165) is 0 Å². The van der Waals surface area contributed by atoms with E-state index in [9.17, 15) is 0 Å². The largest absolute Gasteiger partial charge is 0.192 e. The van der Waals surface area contributed by atoms with Crippen molar-refractivity contribution in [1.29, 1.82) is 10.5 Å². The van der Waals surface area contributed by atoms with Crippen LogP contribution in [0, 0.1) is 22.7 Å². The summed E-state index contributed by atoms with van der Waals surface area (Å²) >= 11 is 22.4. The molecule has 0 saturated carbocycles. The molecule has 0 aliphatic heterocycles. The van der Waals surface area contributed by atoms with E-state index in [2.05, 4.69) is 0 Å². The van der Waals surface area contributed by atoms with Gasteiger partial charge in [-0.2, -0.15) is 10.5 Å². The Hall–Kier alpha value is -1.42. The topological polar surface area (TPSA) is 47.6 Å². The number of hydrogen-bond acceptors (Lipinski definition) is 2. The van der Waals surface area contributed by atoms with E-state index >= 15 is 0 Å². The molecular formula is C14H6Cl4N2. The van der Waals surface area contributed by atoms with Crippen LogP contribution in [0.4, 0.5) is 0 Å². The lowest BCUT2D eigenvalue weighted by Gasteiger charge is -1.94. The Morgan fingerprint density at radius 3 is 1.75 bits per heavy atom. The Bertz CT molecular complexity index is 679. The summed E-state index contributed by atoms with van der Waals surface area (Å²) in [6.45, 7) is 0. The van der Waals surface area contributed by atoms with Crippen LogP contribution in [0.3, 0.4) is 0 Å². The molecule has 0 amide bonds. The van der Waals surface area contributed by atoms with Crippen molar-refractivity contribution in [1.82, 2.24) is 0 Å². The number of rotatable bonds is 0. The van der Waals surface area contributed by atoms with Crippen LogP contribution in [0.1, 0.15) is 11.1 Å². The van der Waals surface area contributed by atoms with E-state index in [1.54, 1.807) is 36.4 Å². The molecule has 0 aliphatic carbocycles. The molecule has 2 aromatic carbocycles. The van der Waals surface area contributed by atoms with Gasteiger partial charge in [0.2, 0.25) is 0 Å². The van der Waals surface area contributed by atoms with Crippen LogP contribution in [-0.4, -0.2) is 0 Å². The highest BCUT2D eigenvalue weighted by Crippen LogP contribution is 2.22. The lowest BCUT2D eigenvalue weighted by Crippen LogP contribution is -1.76. The first-order valence-corrected chi connectivity index (χ1v) is 6.70. The molecule has 0 saturated heterocycles. The maximum absolute atomic E-state index is 8.48. The third-order valence-electron chi connectivity index (χ3n) is 2.13. The summed E-state index contributed by atoms with van der Waals surface area (Å²) in [4.78, 5) is 0. The summed E-state index contributed by atoms with van der Waals surface area (Å²) < 4.78 is 0. The van der Waals surface area contributed by atoms with Gasteiger partial charge in [-0.25, -0.2) is 0 Å².